The zero-order chi connectivity index (χ0) is 11.1. The molecule has 1 rings (SSSR count). The molecule has 0 N–H and O–H groups in total. The number of nitrogens with zero attached hydrogens (tertiary/aromatic N) is 1. The third-order valence-electron chi connectivity index (χ3n) is 1.85. The number of rotatable bonds is 5. The molecule has 0 bridgehead atoms. The molecule has 1 aromatic rings. The Morgan fingerprint density at radius 1 is 1.47 bits per heavy atom. The van der Waals surface area contributed by atoms with Crippen LogP contribution in [0.3, 0.4) is 0 Å². The molecule has 0 unspecified atom stereocenters. The summed E-state index contributed by atoms with van der Waals surface area (Å²) < 4.78 is 22.9. The quantitative estimate of drug-likeness (QED) is 0.698. The van der Waals surface area contributed by atoms with Crippen LogP contribution in [0, 0.1) is 17.1 Å². The summed E-state index contributed by atoms with van der Waals surface area (Å²) in [6.07, 6.45) is 1.01. The Bertz CT molecular complexity index is 360. The second-order valence-corrected chi connectivity index (χ2v) is 2.97. The van der Waals surface area contributed by atoms with Crippen LogP contribution in [0.15, 0.2) is 18.2 Å². The van der Waals surface area contributed by atoms with Crippen molar-refractivity contribution >= 4 is 0 Å². The average Bonchev–Trinajstić information content (AvgIpc) is 2.26. The molecular formula is C11H12FNO2. The molecule has 0 aliphatic carbocycles. The maximum atomic E-state index is 13.2. The van der Waals surface area contributed by atoms with Gasteiger partial charge < -0.3 is 9.47 Å². The molecule has 0 heterocycles. The number of hydrogen-bond acceptors (Lipinski definition) is 3. The van der Waals surface area contributed by atoms with Crippen LogP contribution in [0.5, 0.6) is 5.75 Å². The zero-order valence-electron chi connectivity index (χ0n) is 8.50. The van der Waals surface area contributed by atoms with E-state index in [1.54, 1.807) is 12.1 Å². The summed E-state index contributed by atoms with van der Waals surface area (Å²) in [5, 5.41) is 8.42. The van der Waals surface area contributed by atoms with Gasteiger partial charge in [0.25, 0.3) is 0 Å². The van der Waals surface area contributed by atoms with Crippen molar-refractivity contribution in [1.29, 1.82) is 5.26 Å². The number of ether oxygens (including phenoxy) is 2. The van der Waals surface area contributed by atoms with Gasteiger partial charge in [-0.2, -0.15) is 5.26 Å². The highest BCUT2D eigenvalue weighted by molar-refractivity contribution is 5.30. The third-order valence-corrected chi connectivity index (χ3v) is 1.85. The van der Waals surface area contributed by atoms with Crippen molar-refractivity contribution in [2.45, 2.75) is 12.8 Å². The largest absolute Gasteiger partial charge is 0.464 e. The van der Waals surface area contributed by atoms with E-state index in [1.165, 1.54) is 13.2 Å². The Hall–Kier alpha value is -1.60. The molecule has 15 heavy (non-hydrogen) atoms. The van der Waals surface area contributed by atoms with Crippen LogP contribution in [0.2, 0.25) is 0 Å². The van der Waals surface area contributed by atoms with Crippen molar-refractivity contribution in [2.75, 3.05) is 13.9 Å². The van der Waals surface area contributed by atoms with Crippen molar-refractivity contribution in [2.24, 2.45) is 0 Å². The lowest BCUT2D eigenvalue weighted by Crippen LogP contribution is -2.01. The second-order valence-electron chi connectivity index (χ2n) is 2.97. The summed E-state index contributed by atoms with van der Waals surface area (Å²) in [5.41, 5.74) is 0.879. The van der Waals surface area contributed by atoms with E-state index in [1.807, 2.05) is 6.07 Å². The maximum absolute atomic E-state index is 13.2. The van der Waals surface area contributed by atoms with Gasteiger partial charge >= 0.3 is 0 Å². The van der Waals surface area contributed by atoms with Gasteiger partial charge in [-0.1, -0.05) is 6.07 Å². The summed E-state index contributed by atoms with van der Waals surface area (Å²) in [5.74, 6) is -0.264. The first kappa shape index (κ1) is 11.5. The molecule has 0 radical (unpaired) electrons. The first-order chi connectivity index (χ1) is 7.27. The van der Waals surface area contributed by atoms with E-state index < -0.39 is 5.82 Å². The Labute approximate surface area is 88.0 Å². The van der Waals surface area contributed by atoms with Gasteiger partial charge in [0.1, 0.15) is 0 Å². The van der Waals surface area contributed by atoms with Crippen LogP contribution in [0.1, 0.15) is 12.0 Å². The molecule has 0 saturated heterocycles. The van der Waals surface area contributed by atoms with E-state index in [0.717, 1.165) is 5.56 Å². The number of halogens is 1. The number of nitriles is 1. The fraction of sp³-hybridized carbons (Fsp3) is 0.364. The van der Waals surface area contributed by atoms with Crippen LogP contribution in [-0.2, 0) is 11.2 Å². The highest BCUT2D eigenvalue weighted by atomic mass is 19.1. The fourth-order valence-electron chi connectivity index (χ4n) is 1.14. The zero-order valence-corrected chi connectivity index (χ0v) is 8.50. The molecule has 3 nitrogen and oxygen atoms in total. The smallest absolute Gasteiger partial charge is 0.188 e. The second kappa shape index (κ2) is 5.99. The van der Waals surface area contributed by atoms with Gasteiger partial charge in [-0.3, -0.25) is 0 Å². The predicted molar refractivity (Wildman–Crippen MR) is 52.8 cm³/mol. The van der Waals surface area contributed by atoms with Gasteiger partial charge in [-0.25, -0.2) is 4.39 Å². The SMILES string of the molecule is COCOc1cc(CCC#N)ccc1F. The maximum Gasteiger partial charge on any atom is 0.188 e. The molecule has 0 saturated carbocycles. The fourth-order valence-corrected chi connectivity index (χ4v) is 1.14. The molecule has 0 spiro atoms. The van der Waals surface area contributed by atoms with Gasteiger partial charge in [-0.15, -0.1) is 0 Å². The molecule has 0 amide bonds. The normalized spacial score (nSPS) is 9.67. The number of methoxy groups -OCH3 is 1. The van der Waals surface area contributed by atoms with Gasteiger partial charge in [0.15, 0.2) is 18.4 Å². The lowest BCUT2D eigenvalue weighted by Gasteiger charge is -2.07. The van der Waals surface area contributed by atoms with Gasteiger partial charge in [-0.05, 0) is 24.1 Å². The monoisotopic (exact) mass is 209 g/mol. The van der Waals surface area contributed by atoms with Crippen LogP contribution < -0.4 is 4.74 Å². The summed E-state index contributed by atoms with van der Waals surface area (Å²) in [6.45, 7) is 0.0125. The minimum Gasteiger partial charge on any atom is -0.464 e. The Kier molecular flexibility index (Phi) is 4.58. The molecule has 0 aliphatic heterocycles. The third kappa shape index (κ3) is 3.56. The number of benzene rings is 1. The molecule has 1 aromatic carbocycles. The van der Waals surface area contributed by atoms with E-state index in [0.29, 0.717) is 12.8 Å². The summed E-state index contributed by atoms with van der Waals surface area (Å²) in [6, 6.07) is 6.60. The molecule has 0 fully saturated rings. The lowest BCUT2D eigenvalue weighted by atomic mass is 10.1. The topological polar surface area (TPSA) is 42.2 Å². The summed E-state index contributed by atoms with van der Waals surface area (Å²) in [4.78, 5) is 0. The van der Waals surface area contributed by atoms with Crippen molar-refractivity contribution in [1.82, 2.24) is 0 Å². The van der Waals surface area contributed by atoms with Gasteiger partial charge in [0, 0.05) is 13.5 Å². The first-order valence-corrected chi connectivity index (χ1v) is 4.55. The van der Waals surface area contributed by atoms with E-state index in [-0.39, 0.29) is 12.5 Å². The van der Waals surface area contributed by atoms with Crippen LogP contribution >= 0.6 is 0 Å². The molecule has 0 aromatic heterocycles. The van der Waals surface area contributed by atoms with Crippen molar-refractivity contribution in [3.05, 3.63) is 29.6 Å². The molecular weight excluding hydrogens is 197 g/mol. The molecule has 0 aliphatic rings. The van der Waals surface area contributed by atoms with Gasteiger partial charge in [0.05, 0.1) is 6.07 Å². The van der Waals surface area contributed by atoms with Gasteiger partial charge in [0.2, 0.25) is 0 Å². The Balaban J connectivity index is 2.72. The van der Waals surface area contributed by atoms with Crippen LogP contribution in [0.4, 0.5) is 4.39 Å². The van der Waals surface area contributed by atoms with E-state index in [4.69, 9.17) is 10.00 Å². The van der Waals surface area contributed by atoms with E-state index in [9.17, 15) is 4.39 Å². The van der Waals surface area contributed by atoms with Crippen LogP contribution in [-0.4, -0.2) is 13.9 Å². The van der Waals surface area contributed by atoms with Crippen molar-refractivity contribution < 1.29 is 13.9 Å². The molecule has 4 heteroatoms. The highest BCUT2D eigenvalue weighted by Crippen LogP contribution is 2.19. The standard InChI is InChI=1S/C11H12FNO2/c1-14-8-15-11-7-9(3-2-6-13)4-5-10(11)12/h4-5,7H,2-3,8H2,1H3. The minimum atomic E-state index is -0.423. The number of hydrogen-bond donors (Lipinski definition) is 0. The number of aryl methyl sites for hydroxylation is 1. The highest BCUT2D eigenvalue weighted by Gasteiger charge is 2.04. The van der Waals surface area contributed by atoms with Crippen LogP contribution in [0.25, 0.3) is 0 Å². The summed E-state index contributed by atoms with van der Waals surface area (Å²) in [7, 11) is 1.47. The average molecular weight is 209 g/mol. The Morgan fingerprint density at radius 3 is 2.93 bits per heavy atom. The lowest BCUT2D eigenvalue weighted by molar-refractivity contribution is 0.0482. The van der Waals surface area contributed by atoms with Crippen molar-refractivity contribution in [3.8, 4) is 11.8 Å². The Morgan fingerprint density at radius 2 is 2.27 bits per heavy atom. The first-order valence-electron chi connectivity index (χ1n) is 4.55. The van der Waals surface area contributed by atoms with Crippen molar-refractivity contribution in [3.63, 3.8) is 0 Å². The minimum absolute atomic E-state index is 0.0125. The van der Waals surface area contributed by atoms with E-state index >= 15 is 0 Å². The predicted octanol–water partition coefficient (Wildman–Crippen LogP) is 2.26. The molecule has 0 atom stereocenters. The molecule has 80 valence electrons. The van der Waals surface area contributed by atoms with E-state index in [2.05, 4.69) is 4.74 Å². The summed E-state index contributed by atoms with van der Waals surface area (Å²) >= 11 is 0.